The number of nitrogens with zero attached hydrogens (tertiary/aromatic N) is 1. The van der Waals surface area contributed by atoms with Crippen LogP contribution in [0.4, 0.5) is 13.2 Å². The number of likely N-dealkylation sites (tertiary alicyclic amines) is 1. The van der Waals surface area contributed by atoms with Gasteiger partial charge >= 0.3 is 6.18 Å². The normalized spacial score (nSPS) is 17.9. The van der Waals surface area contributed by atoms with Crippen molar-refractivity contribution in [1.82, 2.24) is 10.2 Å². The van der Waals surface area contributed by atoms with Crippen LogP contribution in [0, 0.1) is 0 Å². The number of rotatable bonds is 6. The fourth-order valence-corrected chi connectivity index (χ4v) is 3.58. The molecule has 2 atom stereocenters. The van der Waals surface area contributed by atoms with Gasteiger partial charge in [0.05, 0.1) is 12.7 Å². The van der Waals surface area contributed by atoms with Crippen molar-refractivity contribution in [1.29, 1.82) is 0 Å². The summed E-state index contributed by atoms with van der Waals surface area (Å²) in [7, 11) is 1.65. The van der Waals surface area contributed by atoms with E-state index < -0.39 is 11.7 Å². The van der Waals surface area contributed by atoms with Crippen molar-refractivity contribution >= 4 is 24.8 Å². The molecule has 0 bridgehead atoms. The summed E-state index contributed by atoms with van der Waals surface area (Å²) in [6, 6.07) is 14.1. The van der Waals surface area contributed by atoms with E-state index in [4.69, 9.17) is 4.74 Å². The Kier molecular flexibility index (Phi) is 9.76. The molecule has 2 aromatic carbocycles. The van der Waals surface area contributed by atoms with Gasteiger partial charge in [0.25, 0.3) is 0 Å². The molecule has 1 N–H and O–H groups in total. The van der Waals surface area contributed by atoms with Crippen molar-refractivity contribution in [2.24, 2.45) is 0 Å². The van der Waals surface area contributed by atoms with E-state index in [1.807, 2.05) is 18.2 Å². The molecule has 1 heterocycles. The minimum absolute atomic E-state index is 0. The summed E-state index contributed by atoms with van der Waals surface area (Å²) in [6.07, 6.45) is -3.31. The molecule has 162 valence electrons. The highest BCUT2D eigenvalue weighted by atomic mass is 35.5. The molecule has 0 radical (unpaired) electrons. The molecular weight excluding hydrogens is 424 g/mol. The first-order valence-corrected chi connectivity index (χ1v) is 9.13. The van der Waals surface area contributed by atoms with E-state index in [0.717, 1.165) is 36.9 Å². The number of nitrogens with one attached hydrogen (secondary N) is 1. The maximum atomic E-state index is 12.9. The Labute approximate surface area is 182 Å². The van der Waals surface area contributed by atoms with Crippen LogP contribution >= 0.6 is 24.8 Å². The van der Waals surface area contributed by atoms with Gasteiger partial charge in [-0.2, -0.15) is 13.2 Å². The molecule has 1 aliphatic rings. The largest absolute Gasteiger partial charge is 0.497 e. The van der Waals surface area contributed by atoms with Crippen LogP contribution in [-0.4, -0.2) is 31.1 Å². The minimum atomic E-state index is -4.29. The molecule has 0 saturated carbocycles. The second-order valence-electron chi connectivity index (χ2n) is 7.08. The zero-order valence-electron chi connectivity index (χ0n) is 16.4. The highest BCUT2D eigenvalue weighted by Crippen LogP contribution is 2.30. The van der Waals surface area contributed by atoms with Crippen LogP contribution in [-0.2, 0) is 12.7 Å². The number of alkyl halides is 3. The first-order chi connectivity index (χ1) is 12.8. The number of ether oxygens (including phenoxy) is 1. The quantitative estimate of drug-likeness (QED) is 0.630. The zero-order valence-corrected chi connectivity index (χ0v) is 18.0. The van der Waals surface area contributed by atoms with Crippen LogP contribution in [0.25, 0.3) is 0 Å². The van der Waals surface area contributed by atoms with Gasteiger partial charge < -0.3 is 10.1 Å². The van der Waals surface area contributed by atoms with E-state index in [2.05, 4.69) is 23.2 Å². The van der Waals surface area contributed by atoms with E-state index in [-0.39, 0.29) is 30.9 Å². The van der Waals surface area contributed by atoms with Gasteiger partial charge in [0.15, 0.2) is 0 Å². The lowest BCUT2D eigenvalue weighted by molar-refractivity contribution is -0.137. The maximum Gasteiger partial charge on any atom is 0.416 e. The lowest BCUT2D eigenvalue weighted by Crippen LogP contribution is -2.34. The van der Waals surface area contributed by atoms with Gasteiger partial charge in [0.2, 0.25) is 0 Å². The molecule has 1 aliphatic heterocycles. The third-order valence-electron chi connectivity index (χ3n) is 5.01. The number of hydrogen-bond acceptors (Lipinski definition) is 3. The predicted molar refractivity (Wildman–Crippen MR) is 114 cm³/mol. The predicted octanol–water partition coefficient (Wildman–Crippen LogP) is 5.48. The highest BCUT2D eigenvalue weighted by Gasteiger charge is 2.31. The Morgan fingerprint density at radius 3 is 2.55 bits per heavy atom. The molecule has 2 aromatic rings. The van der Waals surface area contributed by atoms with Crippen LogP contribution in [0.3, 0.4) is 0 Å². The molecule has 1 fully saturated rings. The van der Waals surface area contributed by atoms with E-state index in [0.29, 0.717) is 18.2 Å². The average molecular weight is 451 g/mol. The Morgan fingerprint density at radius 2 is 1.86 bits per heavy atom. The molecule has 2 unspecified atom stereocenters. The van der Waals surface area contributed by atoms with Crippen LogP contribution < -0.4 is 10.1 Å². The molecule has 8 heteroatoms. The summed E-state index contributed by atoms with van der Waals surface area (Å²) in [4.78, 5) is 2.20. The van der Waals surface area contributed by atoms with E-state index >= 15 is 0 Å². The zero-order chi connectivity index (χ0) is 19.4. The van der Waals surface area contributed by atoms with Crippen molar-refractivity contribution in [2.75, 3.05) is 20.2 Å². The molecule has 3 nitrogen and oxygen atoms in total. The van der Waals surface area contributed by atoms with Crippen molar-refractivity contribution in [3.05, 3.63) is 65.2 Å². The number of methoxy groups -OCH3 is 1. The topological polar surface area (TPSA) is 24.5 Å². The second kappa shape index (κ2) is 11.1. The number of benzene rings is 2. The van der Waals surface area contributed by atoms with E-state index in [1.165, 1.54) is 12.1 Å². The monoisotopic (exact) mass is 450 g/mol. The highest BCUT2D eigenvalue weighted by molar-refractivity contribution is 5.85. The number of hydrogen-bond donors (Lipinski definition) is 1. The Hall–Kier alpha value is -1.47. The summed E-state index contributed by atoms with van der Waals surface area (Å²) in [5.74, 6) is 0.832. The molecule has 3 rings (SSSR count). The Balaban J connectivity index is 0.00000210. The maximum absolute atomic E-state index is 12.9. The molecule has 0 spiro atoms. The lowest BCUT2D eigenvalue weighted by atomic mass is 10.1. The van der Waals surface area contributed by atoms with Crippen molar-refractivity contribution < 1.29 is 17.9 Å². The van der Waals surface area contributed by atoms with Crippen LogP contribution in [0.15, 0.2) is 48.5 Å². The van der Waals surface area contributed by atoms with Gasteiger partial charge in [-0.25, -0.2) is 0 Å². The second-order valence-corrected chi connectivity index (χ2v) is 7.08. The van der Waals surface area contributed by atoms with E-state index in [9.17, 15) is 13.2 Å². The van der Waals surface area contributed by atoms with Crippen molar-refractivity contribution in [3.63, 3.8) is 0 Å². The third kappa shape index (κ3) is 7.07. The van der Waals surface area contributed by atoms with Crippen LogP contribution in [0.1, 0.15) is 36.1 Å². The van der Waals surface area contributed by atoms with Gasteiger partial charge in [-0.3, -0.25) is 4.90 Å². The van der Waals surface area contributed by atoms with Gasteiger partial charge in [0, 0.05) is 31.7 Å². The lowest BCUT2D eigenvalue weighted by Gasteiger charge is -2.21. The van der Waals surface area contributed by atoms with Crippen LogP contribution in [0.2, 0.25) is 0 Å². The summed E-state index contributed by atoms with van der Waals surface area (Å²) < 4.78 is 43.9. The molecular formula is C21H27Cl2F3N2O. The molecule has 0 amide bonds. The average Bonchev–Trinajstić information content (AvgIpc) is 3.08. The van der Waals surface area contributed by atoms with Crippen molar-refractivity contribution in [2.45, 2.75) is 38.1 Å². The number of halogens is 5. The molecule has 0 aromatic heterocycles. The summed E-state index contributed by atoms with van der Waals surface area (Å²) >= 11 is 0. The Morgan fingerprint density at radius 1 is 1.14 bits per heavy atom. The molecule has 29 heavy (non-hydrogen) atoms. The fraction of sp³-hybridized carbons (Fsp3) is 0.429. The molecule has 0 aliphatic carbocycles. The molecule has 1 saturated heterocycles. The third-order valence-corrected chi connectivity index (χ3v) is 5.01. The summed E-state index contributed by atoms with van der Waals surface area (Å²) in [5.41, 5.74) is 1.28. The van der Waals surface area contributed by atoms with Gasteiger partial charge in [-0.1, -0.05) is 30.3 Å². The standard InChI is InChI=1S/C21H25F3N2O.2ClH/c1-15(17-6-4-8-20(12-17)27-2)25-19-9-10-26(14-19)13-16-5-3-7-18(11-16)21(22,23)24;;/h3-8,11-12,15,19,25H,9-10,13-14H2,1-2H3;2*1H. The van der Waals surface area contributed by atoms with Crippen LogP contribution in [0.5, 0.6) is 5.75 Å². The van der Waals surface area contributed by atoms with E-state index in [1.54, 1.807) is 13.2 Å². The fourth-order valence-electron chi connectivity index (χ4n) is 3.58. The van der Waals surface area contributed by atoms with Crippen molar-refractivity contribution in [3.8, 4) is 5.75 Å². The summed E-state index contributed by atoms with van der Waals surface area (Å²) in [5, 5.41) is 3.62. The van der Waals surface area contributed by atoms with Gasteiger partial charge in [-0.15, -0.1) is 24.8 Å². The first-order valence-electron chi connectivity index (χ1n) is 9.13. The van der Waals surface area contributed by atoms with Gasteiger partial charge in [-0.05, 0) is 42.7 Å². The first kappa shape index (κ1) is 25.6. The minimum Gasteiger partial charge on any atom is -0.497 e. The SMILES string of the molecule is COc1cccc(C(C)NC2CCN(Cc3cccc(C(F)(F)F)c3)C2)c1.Cl.Cl. The smallest absolute Gasteiger partial charge is 0.416 e. The summed E-state index contributed by atoms with van der Waals surface area (Å²) in [6.45, 7) is 4.35. The Bertz CT molecular complexity index is 774. The van der Waals surface area contributed by atoms with Gasteiger partial charge in [0.1, 0.15) is 5.75 Å².